The van der Waals surface area contributed by atoms with Gasteiger partial charge < -0.3 is 19.7 Å². The molecule has 3 rings (SSSR count). The Bertz CT molecular complexity index is 932. The third-order valence-electron chi connectivity index (χ3n) is 5.97. The molecule has 0 aromatic heterocycles. The van der Waals surface area contributed by atoms with Gasteiger partial charge in [0.25, 0.3) is 0 Å². The summed E-state index contributed by atoms with van der Waals surface area (Å²) in [4.78, 5) is 27.2. The second kappa shape index (κ2) is 11.1. The van der Waals surface area contributed by atoms with Crippen LogP contribution in [0.15, 0.2) is 42.5 Å². The van der Waals surface area contributed by atoms with E-state index in [2.05, 4.69) is 5.32 Å². The number of amides is 2. The molecule has 2 aromatic carbocycles. The SMILES string of the molecule is COCC(=O)N1C[C@@H](C(=O)NCCc2ccc(OC)cc2)C[C@@H](c2ccc(F)c(C)c2)C1. The summed E-state index contributed by atoms with van der Waals surface area (Å²) in [7, 11) is 3.10. The molecule has 0 saturated carbocycles. The Labute approximate surface area is 188 Å². The van der Waals surface area contributed by atoms with Gasteiger partial charge in [-0.15, -0.1) is 0 Å². The maximum Gasteiger partial charge on any atom is 0.248 e. The highest BCUT2D eigenvalue weighted by Crippen LogP contribution is 2.31. The molecule has 32 heavy (non-hydrogen) atoms. The van der Waals surface area contributed by atoms with E-state index in [1.54, 1.807) is 25.0 Å². The number of nitrogens with zero attached hydrogens (tertiary/aromatic N) is 1. The van der Waals surface area contributed by atoms with Gasteiger partial charge in [-0.1, -0.05) is 24.3 Å². The molecule has 2 aromatic rings. The standard InChI is InChI=1S/C25H31FN2O4/c1-17-12-19(6-9-23(17)26)20-13-21(15-28(14-20)24(29)16-31-2)25(30)27-11-10-18-4-7-22(32-3)8-5-18/h4-9,12,20-21H,10-11,13-16H2,1-3H3,(H,27,30)/t20-,21+/m1/s1. The third kappa shape index (κ3) is 6.07. The normalized spacial score (nSPS) is 18.3. The van der Waals surface area contributed by atoms with E-state index >= 15 is 0 Å². The number of methoxy groups -OCH3 is 2. The van der Waals surface area contributed by atoms with Gasteiger partial charge in [0.1, 0.15) is 18.2 Å². The van der Waals surface area contributed by atoms with Gasteiger partial charge in [-0.2, -0.15) is 0 Å². The Morgan fingerprint density at radius 1 is 1.12 bits per heavy atom. The number of piperidine rings is 1. The van der Waals surface area contributed by atoms with E-state index in [1.807, 2.05) is 30.3 Å². The molecule has 1 fully saturated rings. The largest absolute Gasteiger partial charge is 0.497 e. The number of hydrogen-bond donors (Lipinski definition) is 1. The fourth-order valence-electron chi connectivity index (χ4n) is 4.14. The third-order valence-corrected chi connectivity index (χ3v) is 5.97. The first-order chi connectivity index (χ1) is 15.4. The maximum atomic E-state index is 13.7. The zero-order chi connectivity index (χ0) is 23.1. The van der Waals surface area contributed by atoms with Crippen LogP contribution in [0.5, 0.6) is 5.75 Å². The molecule has 1 N–H and O–H groups in total. The number of aryl methyl sites for hydroxylation is 1. The van der Waals surface area contributed by atoms with Gasteiger partial charge in [0.2, 0.25) is 11.8 Å². The number of halogens is 1. The molecule has 172 valence electrons. The molecule has 1 saturated heterocycles. The second-order valence-electron chi connectivity index (χ2n) is 8.26. The molecule has 0 bridgehead atoms. The minimum Gasteiger partial charge on any atom is -0.497 e. The Kier molecular flexibility index (Phi) is 8.22. The molecule has 0 aliphatic carbocycles. The number of nitrogens with one attached hydrogen (secondary N) is 1. The van der Waals surface area contributed by atoms with Gasteiger partial charge in [-0.25, -0.2) is 4.39 Å². The fraction of sp³-hybridized carbons (Fsp3) is 0.440. The van der Waals surface area contributed by atoms with Gasteiger partial charge in [0.05, 0.1) is 13.0 Å². The highest BCUT2D eigenvalue weighted by molar-refractivity contribution is 5.82. The number of hydrogen-bond acceptors (Lipinski definition) is 4. The molecule has 0 spiro atoms. The molecule has 6 nitrogen and oxygen atoms in total. The van der Waals surface area contributed by atoms with E-state index < -0.39 is 0 Å². The molecule has 1 heterocycles. The van der Waals surface area contributed by atoms with E-state index in [1.165, 1.54) is 13.2 Å². The van der Waals surface area contributed by atoms with Crippen molar-refractivity contribution in [2.75, 3.05) is 40.5 Å². The first-order valence-electron chi connectivity index (χ1n) is 10.8. The van der Waals surface area contributed by atoms with Crippen molar-refractivity contribution in [1.82, 2.24) is 10.2 Å². The fourth-order valence-corrected chi connectivity index (χ4v) is 4.14. The van der Waals surface area contributed by atoms with Crippen molar-refractivity contribution in [2.45, 2.75) is 25.7 Å². The number of likely N-dealkylation sites (tertiary alicyclic amines) is 1. The van der Waals surface area contributed by atoms with Crippen LogP contribution < -0.4 is 10.1 Å². The van der Waals surface area contributed by atoms with Crippen LogP contribution in [0.3, 0.4) is 0 Å². The Hall–Kier alpha value is -2.93. The number of carbonyl (C=O) groups is 2. The quantitative estimate of drug-likeness (QED) is 0.682. The molecular formula is C25H31FN2O4. The van der Waals surface area contributed by atoms with Crippen LogP contribution >= 0.6 is 0 Å². The number of ether oxygens (including phenoxy) is 2. The summed E-state index contributed by atoms with van der Waals surface area (Å²) in [5.41, 5.74) is 2.60. The van der Waals surface area contributed by atoms with E-state index in [0.717, 1.165) is 16.9 Å². The summed E-state index contributed by atoms with van der Waals surface area (Å²) in [6.07, 6.45) is 1.31. The molecule has 1 aliphatic heterocycles. The second-order valence-corrected chi connectivity index (χ2v) is 8.26. The lowest BCUT2D eigenvalue weighted by Crippen LogP contribution is -2.49. The lowest BCUT2D eigenvalue weighted by molar-refractivity contribution is -0.139. The average molecular weight is 443 g/mol. The van der Waals surface area contributed by atoms with Gasteiger partial charge in [-0.3, -0.25) is 9.59 Å². The van der Waals surface area contributed by atoms with Crippen LogP contribution in [0, 0.1) is 18.7 Å². The molecule has 2 atom stereocenters. The summed E-state index contributed by atoms with van der Waals surface area (Å²) < 4.78 is 23.9. The van der Waals surface area contributed by atoms with Crippen molar-refractivity contribution < 1.29 is 23.5 Å². The number of carbonyl (C=O) groups excluding carboxylic acids is 2. The topological polar surface area (TPSA) is 67.9 Å². The van der Waals surface area contributed by atoms with Crippen molar-refractivity contribution in [3.05, 3.63) is 65.0 Å². The minimum absolute atomic E-state index is 0.0268. The van der Waals surface area contributed by atoms with Crippen LogP contribution in [-0.2, 0) is 20.7 Å². The zero-order valence-corrected chi connectivity index (χ0v) is 18.9. The smallest absolute Gasteiger partial charge is 0.248 e. The zero-order valence-electron chi connectivity index (χ0n) is 18.9. The average Bonchev–Trinajstić information content (AvgIpc) is 2.81. The predicted molar refractivity (Wildman–Crippen MR) is 120 cm³/mol. The monoisotopic (exact) mass is 442 g/mol. The van der Waals surface area contributed by atoms with Crippen molar-refractivity contribution >= 4 is 11.8 Å². The summed E-state index contributed by atoms with van der Waals surface area (Å²) >= 11 is 0. The van der Waals surface area contributed by atoms with E-state index in [4.69, 9.17) is 9.47 Å². The predicted octanol–water partition coefficient (Wildman–Crippen LogP) is 3.08. The summed E-state index contributed by atoms with van der Waals surface area (Å²) in [5, 5.41) is 3.01. The van der Waals surface area contributed by atoms with Crippen molar-refractivity contribution in [3.8, 4) is 5.75 Å². The van der Waals surface area contributed by atoms with E-state index in [9.17, 15) is 14.0 Å². The number of benzene rings is 2. The lowest BCUT2D eigenvalue weighted by Gasteiger charge is -2.37. The first-order valence-corrected chi connectivity index (χ1v) is 10.8. The molecular weight excluding hydrogens is 411 g/mol. The maximum absolute atomic E-state index is 13.7. The summed E-state index contributed by atoms with van der Waals surface area (Å²) in [6, 6.07) is 12.7. The van der Waals surface area contributed by atoms with Crippen LogP contribution in [0.1, 0.15) is 29.0 Å². The number of rotatable bonds is 8. The van der Waals surface area contributed by atoms with E-state index in [-0.39, 0.29) is 36.1 Å². The molecule has 0 radical (unpaired) electrons. The summed E-state index contributed by atoms with van der Waals surface area (Å²) in [6.45, 7) is 3.05. The molecule has 7 heteroatoms. The molecule has 0 unspecified atom stereocenters. The molecule has 1 aliphatic rings. The molecule has 2 amide bonds. The summed E-state index contributed by atoms with van der Waals surface area (Å²) in [5.74, 6) is -0.0612. The van der Waals surface area contributed by atoms with Crippen LogP contribution in [-0.4, -0.2) is 57.2 Å². The van der Waals surface area contributed by atoms with Gasteiger partial charge in [0.15, 0.2) is 0 Å². The van der Waals surface area contributed by atoms with Gasteiger partial charge in [0, 0.05) is 32.7 Å². The Morgan fingerprint density at radius 2 is 1.88 bits per heavy atom. The van der Waals surface area contributed by atoms with Crippen molar-refractivity contribution in [2.24, 2.45) is 5.92 Å². The highest BCUT2D eigenvalue weighted by Gasteiger charge is 2.34. The van der Waals surface area contributed by atoms with Crippen LogP contribution in [0.4, 0.5) is 4.39 Å². The van der Waals surface area contributed by atoms with E-state index in [0.29, 0.717) is 38.0 Å². The highest BCUT2D eigenvalue weighted by atomic mass is 19.1. The first kappa shape index (κ1) is 23.7. The Morgan fingerprint density at radius 3 is 2.53 bits per heavy atom. The lowest BCUT2D eigenvalue weighted by atomic mass is 9.83. The Balaban J connectivity index is 1.66. The van der Waals surface area contributed by atoms with Crippen molar-refractivity contribution in [3.63, 3.8) is 0 Å². The van der Waals surface area contributed by atoms with Crippen LogP contribution in [0.25, 0.3) is 0 Å². The minimum atomic E-state index is -0.337. The van der Waals surface area contributed by atoms with Crippen molar-refractivity contribution in [1.29, 1.82) is 0 Å². The van der Waals surface area contributed by atoms with Gasteiger partial charge >= 0.3 is 0 Å². The van der Waals surface area contributed by atoms with Gasteiger partial charge in [-0.05, 0) is 54.7 Å². The van der Waals surface area contributed by atoms with Crippen LogP contribution in [0.2, 0.25) is 0 Å².